The smallest absolute Gasteiger partial charge is 0.303 e. The highest BCUT2D eigenvalue weighted by molar-refractivity contribution is 5.66. The van der Waals surface area contributed by atoms with Crippen molar-refractivity contribution in [2.75, 3.05) is 6.61 Å². The van der Waals surface area contributed by atoms with Gasteiger partial charge in [-0.05, 0) is 37.8 Å². The number of esters is 1. The largest absolute Gasteiger partial charge is 0.494 e. The molecular weight excluding hydrogens is 242 g/mol. The van der Waals surface area contributed by atoms with Gasteiger partial charge < -0.3 is 9.47 Å². The summed E-state index contributed by atoms with van der Waals surface area (Å²) in [6, 6.07) is 11.6. The first-order valence-electron chi connectivity index (χ1n) is 6.47. The first-order chi connectivity index (χ1) is 9.22. The number of benzene rings is 1. The molecule has 1 aromatic rings. The SMILES string of the molecule is CC(=O)OC(C#N)CCCCCOc1ccccc1. The Labute approximate surface area is 113 Å². The third kappa shape index (κ3) is 7.10. The highest BCUT2D eigenvalue weighted by Gasteiger charge is 2.09. The second kappa shape index (κ2) is 8.98. The van der Waals surface area contributed by atoms with Crippen molar-refractivity contribution in [2.45, 2.75) is 38.7 Å². The molecule has 0 N–H and O–H groups in total. The average Bonchev–Trinajstić information content (AvgIpc) is 2.42. The van der Waals surface area contributed by atoms with Gasteiger partial charge in [0.05, 0.1) is 6.61 Å². The van der Waals surface area contributed by atoms with Crippen LogP contribution in [0, 0.1) is 11.3 Å². The zero-order chi connectivity index (χ0) is 13.9. The lowest BCUT2D eigenvalue weighted by Gasteiger charge is -2.09. The number of hydrogen-bond acceptors (Lipinski definition) is 4. The van der Waals surface area contributed by atoms with E-state index in [0.29, 0.717) is 13.0 Å². The maximum Gasteiger partial charge on any atom is 0.303 e. The third-order valence-electron chi connectivity index (χ3n) is 2.57. The predicted octanol–water partition coefficient (Wildman–Crippen LogP) is 3.08. The molecule has 0 aromatic heterocycles. The molecule has 4 heteroatoms. The summed E-state index contributed by atoms with van der Waals surface area (Å²) in [6.07, 6.45) is 2.69. The Balaban J connectivity index is 2.05. The van der Waals surface area contributed by atoms with E-state index in [0.717, 1.165) is 25.0 Å². The minimum Gasteiger partial charge on any atom is -0.494 e. The highest BCUT2D eigenvalue weighted by Crippen LogP contribution is 2.10. The fourth-order valence-corrected chi connectivity index (χ4v) is 1.67. The zero-order valence-electron chi connectivity index (χ0n) is 11.2. The molecule has 0 saturated heterocycles. The highest BCUT2D eigenvalue weighted by atomic mass is 16.5. The molecular formula is C15H19NO3. The van der Waals surface area contributed by atoms with E-state index in [-0.39, 0.29) is 0 Å². The minimum atomic E-state index is -0.618. The Bertz CT molecular complexity index is 411. The van der Waals surface area contributed by atoms with Gasteiger partial charge in [-0.3, -0.25) is 4.79 Å². The Morgan fingerprint density at radius 1 is 1.26 bits per heavy atom. The van der Waals surface area contributed by atoms with Crippen LogP contribution in [-0.2, 0) is 9.53 Å². The molecule has 0 heterocycles. The molecule has 0 aliphatic carbocycles. The van der Waals surface area contributed by atoms with E-state index in [1.165, 1.54) is 6.92 Å². The molecule has 102 valence electrons. The number of hydrogen-bond donors (Lipinski definition) is 0. The summed E-state index contributed by atoms with van der Waals surface area (Å²) in [5.41, 5.74) is 0. The number of ether oxygens (including phenoxy) is 2. The molecule has 1 rings (SSSR count). The van der Waals surface area contributed by atoms with Crippen molar-refractivity contribution in [1.29, 1.82) is 5.26 Å². The molecule has 0 radical (unpaired) electrons. The second-order valence-corrected chi connectivity index (χ2v) is 4.24. The summed E-state index contributed by atoms with van der Waals surface area (Å²) in [7, 11) is 0. The number of unbranched alkanes of at least 4 members (excludes halogenated alkanes) is 2. The van der Waals surface area contributed by atoms with Gasteiger partial charge in [0.2, 0.25) is 0 Å². The van der Waals surface area contributed by atoms with E-state index in [4.69, 9.17) is 14.7 Å². The van der Waals surface area contributed by atoms with Crippen LogP contribution in [0.1, 0.15) is 32.6 Å². The van der Waals surface area contributed by atoms with Gasteiger partial charge in [0.15, 0.2) is 6.10 Å². The quantitative estimate of drug-likeness (QED) is 0.533. The van der Waals surface area contributed by atoms with Crippen molar-refractivity contribution in [3.8, 4) is 11.8 Å². The average molecular weight is 261 g/mol. The normalized spacial score (nSPS) is 11.4. The Morgan fingerprint density at radius 3 is 2.63 bits per heavy atom. The van der Waals surface area contributed by atoms with Gasteiger partial charge in [-0.15, -0.1) is 0 Å². The molecule has 0 spiro atoms. The van der Waals surface area contributed by atoms with Crippen molar-refractivity contribution in [3.63, 3.8) is 0 Å². The Kier molecular flexibility index (Phi) is 7.11. The van der Waals surface area contributed by atoms with Crippen molar-refractivity contribution in [1.82, 2.24) is 0 Å². The number of carbonyl (C=O) groups excluding carboxylic acids is 1. The van der Waals surface area contributed by atoms with Crippen LogP contribution in [-0.4, -0.2) is 18.7 Å². The summed E-state index contributed by atoms with van der Waals surface area (Å²) in [6.45, 7) is 1.98. The number of carbonyl (C=O) groups is 1. The molecule has 0 aliphatic rings. The summed E-state index contributed by atoms with van der Waals surface area (Å²) < 4.78 is 10.4. The van der Waals surface area contributed by atoms with Crippen molar-refractivity contribution < 1.29 is 14.3 Å². The van der Waals surface area contributed by atoms with E-state index in [2.05, 4.69) is 0 Å². The van der Waals surface area contributed by atoms with Gasteiger partial charge in [0.1, 0.15) is 11.8 Å². The molecule has 1 aromatic carbocycles. The molecule has 0 fully saturated rings. The lowest BCUT2D eigenvalue weighted by Crippen LogP contribution is -2.13. The van der Waals surface area contributed by atoms with Crippen LogP contribution in [0.25, 0.3) is 0 Å². The van der Waals surface area contributed by atoms with Crippen LogP contribution in [0.2, 0.25) is 0 Å². The van der Waals surface area contributed by atoms with E-state index >= 15 is 0 Å². The monoisotopic (exact) mass is 261 g/mol. The Morgan fingerprint density at radius 2 is 2.00 bits per heavy atom. The van der Waals surface area contributed by atoms with Crippen LogP contribution in [0.15, 0.2) is 30.3 Å². The van der Waals surface area contributed by atoms with Gasteiger partial charge in [-0.2, -0.15) is 5.26 Å². The van der Waals surface area contributed by atoms with Crippen LogP contribution >= 0.6 is 0 Å². The number of nitriles is 1. The fourth-order valence-electron chi connectivity index (χ4n) is 1.67. The molecule has 1 atom stereocenters. The van der Waals surface area contributed by atoms with Gasteiger partial charge in [0, 0.05) is 6.92 Å². The van der Waals surface area contributed by atoms with Gasteiger partial charge in [-0.1, -0.05) is 18.2 Å². The maximum absolute atomic E-state index is 10.7. The Hall–Kier alpha value is -2.02. The molecule has 1 unspecified atom stereocenters. The van der Waals surface area contributed by atoms with E-state index in [1.54, 1.807) is 0 Å². The molecule has 0 aliphatic heterocycles. The second-order valence-electron chi connectivity index (χ2n) is 4.24. The van der Waals surface area contributed by atoms with Crippen molar-refractivity contribution >= 4 is 5.97 Å². The van der Waals surface area contributed by atoms with Gasteiger partial charge in [-0.25, -0.2) is 0 Å². The zero-order valence-corrected chi connectivity index (χ0v) is 11.2. The summed E-state index contributed by atoms with van der Waals surface area (Å²) >= 11 is 0. The van der Waals surface area contributed by atoms with Gasteiger partial charge in [0.25, 0.3) is 0 Å². The molecule has 0 amide bonds. The lowest BCUT2D eigenvalue weighted by atomic mass is 10.1. The summed E-state index contributed by atoms with van der Waals surface area (Å²) in [5, 5.41) is 8.77. The predicted molar refractivity (Wildman–Crippen MR) is 71.6 cm³/mol. The fraction of sp³-hybridized carbons (Fsp3) is 0.467. The van der Waals surface area contributed by atoms with Crippen LogP contribution in [0.4, 0.5) is 0 Å². The third-order valence-corrected chi connectivity index (χ3v) is 2.57. The topological polar surface area (TPSA) is 59.3 Å². The van der Waals surface area contributed by atoms with Gasteiger partial charge >= 0.3 is 5.97 Å². The van der Waals surface area contributed by atoms with Crippen LogP contribution in [0.3, 0.4) is 0 Å². The summed E-state index contributed by atoms with van der Waals surface area (Å²) in [4.78, 5) is 10.7. The first-order valence-corrected chi connectivity index (χ1v) is 6.47. The molecule has 4 nitrogen and oxygen atoms in total. The van der Waals surface area contributed by atoms with E-state index in [9.17, 15) is 4.79 Å². The first kappa shape index (κ1) is 15.0. The van der Waals surface area contributed by atoms with E-state index < -0.39 is 12.1 Å². The molecule has 0 saturated carbocycles. The number of rotatable bonds is 8. The standard InChI is InChI=1S/C15H19NO3/c1-13(17)19-15(12-16)10-6-3-7-11-18-14-8-4-2-5-9-14/h2,4-5,8-9,15H,3,6-7,10-11H2,1H3. The van der Waals surface area contributed by atoms with Crippen LogP contribution < -0.4 is 4.74 Å². The van der Waals surface area contributed by atoms with E-state index in [1.807, 2.05) is 36.4 Å². The molecule has 19 heavy (non-hydrogen) atoms. The van der Waals surface area contributed by atoms with Crippen molar-refractivity contribution in [3.05, 3.63) is 30.3 Å². The maximum atomic E-state index is 10.7. The van der Waals surface area contributed by atoms with Crippen molar-refractivity contribution in [2.24, 2.45) is 0 Å². The number of para-hydroxylation sites is 1. The van der Waals surface area contributed by atoms with Crippen LogP contribution in [0.5, 0.6) is 5.75 Å². The summed E-state index contributed by atoms with van der Waals surface area (Å²) in [5.74, 6) is 0.469. The lowest BCUT2D eigenvalue weighted by molar-refractivity contribution is -0.144. The number of nitrogens with zero attached hydrogens (tertiary/aromatic N) is 1. The minimum absolute atomic E-state index is 0.404. The molecule has 0 bridgehead atoms.